The Balaban J connectivity index is 2.04. The van der Waals surface area contributed by atoms with E-state index in [2.05, 4.69) is 24.1 Å². The minimum absolute atomic E-state index is 0.175. The summed E-state index contributed by atoms with van der Waals surface area (Å²) in [5.74, 6) is 0.963. The van der Waals surface area contributed by atoms with Gasteiger partial charge in [-0.1, -0.05) is 13.8 Å². The molecule has 2 N–H and O–H groups in total. The van der Waals surface area contributed by atoms with Crippen molar-refractivity contribution in [1.29, 1.82) is 0 Å². The average Bonchev–Trinajstić information content (AvgIpc) is 2.87. The van der Waals surface area contributed by atoms with Crippen molar-refractivity contribution in [3.8, 4) is 0 Å². The molecular weight excluding hydrogens is 267 g/mol. The molecule has 1 aromatic carbocycles. The molecule has 0 bridgehead atoms. The molecular formula is C17H27FN2O. The van der Waals surface area contributed by atoms with Crippen molar-refractivity contribution in [3.05, 3.63) is 29.6 Å². The normalized spacial score (nSPS) is 18.7. The van der Waals surface area contributed by atoms with Gasteiger partial charge in [0.1, 0.15) is 5.82 Å². The van der Waals surface area contributed by atoms with Gasteiger partial charge in [0.2, 0.25) is 0 Å². The SMILES string of the molecule is CC(C)CNCc1cc(F)ccc1N1CCC(CCO)C1. The maximum atomic E-state index is 13.5. The first-order valence-corrected chi connectivity index (χ1v) is 7.95. The Bertz CT molecular complexity index is 450. The van der Waals surface area contributed by atoms with Crippen molar-refractivity contribution in [3.63, 3.8) is 0 Å². The molecule has 1 aliphatic rings. The monoisotopic (exact) mass is 294 g/mol. The molecule has 4 heteroatoms. The fourth-order valence-corrected chi connectivity index (χ4v) is 2.97. The van der Waals surface area contributed by atoms with Gasteiger partial charge in [0.05, 0.1) is 0 Å². The van der Waals surface area contributed by atoms with Crippen LogP contribution in [0.4, 0.5) is 10.1 Å². The third-order valence-corrected chi connectivity index (χ3v) is 4.07. The fraction of sp³-hybridized carbons (Fsp3) is 0.647. The molecule has 0 saturated carbocycles. The summed E-state index contributed by atoms with van der Waals surface area (Å²) in [6.07, 6.45) is 1.97. The molecule has 1 unspecified atom stereocenters. The number of halogens is 1. The van der Waals surface area contributed by atoms with E-state index in [0.717, 1.165) is 43.7 Å². The van der Waals surface area contributed by atoms with Gasteiger partial charge in [-0.25, -0.2) is 4.39 Å². The summed E-state index contributed by atoms with van der Waals surface area (Å²) in [5.41, 5.74) is 2.16. The van der Waals surface area contributed by atoms with Crippen molar-refractivity contribution in [2.45, 2.75) is 33.2 Å². The van der Waals surface area contributed by atoms with Crippen LogP contribution in [0.15, 0.2) is 18.2 Å². The summed E-state index contributed by atoms with van der Waals surface area (Å²) in [7, 11) is 0. The molecule has 3 nitrogen and oxygen atoms in total. The zero-order valence-corrected chi connectivity index (χ0v) is 13.1. The maximum absolute atomic E-state index is 13.5. The lowest BCUT2D eigenvalue weighted by Crippen LogP contribution is -2.24. The molecule has 21 heavy (non-hydrogen) atoms. The van der Waals surface area contributed by atoms with E-state index in [4.69, 9.17) is 5.11 Å². The number of hydrogen-bond acceptors (Lipinski definition) is 3. The second-order valence-electron chi connectivity index (χ2n) is 6.41. The highest BCUT2D eigenvalue weighted by atomic mass is 19.1. The van der Waals surface area contributed by atoms with Gasteiger partial charge >= 0.3 is 0 Å². The van der Waals surface area contributed by atoms with Gasteiger partial charge in [-0.15, -0.1) is 0 Å². The van der Waals surface area contributed by atoms with Gasteiger partial charge in [-0.3, -0.25) is 0 Å². The minimum Gasteiger partial charge on any atom is -0.396 e. The number of nitrogens with zero attached hydrogens (tertiary/aromatic N) is 1. The van der Waals surface area contributed by atoms with Crippen LogP contribution < -0.4 is 10.2 Å². The number of nitrogens with one attached hydrogen (secondary N) is 1. The summed E-state index contributed by atoms with van der Waals surface area (Å²) in [6.45, 7) is 8.18. The lowest BCUT2D eigenvalue weighted by Gasteiger charge is -2.23. The quantitative estimate of drug-likeness (QED) is 0.812. The molecule has 1 aliphatic heterocycles. The van der Waals surface area contributed by atoms with E-state index in [1.165, 1.54) is 0 Å². The number of aliphatic hydroxyl groups excluding tert-OH is 1. The first-order chi connectivity index (χ1) is 10.1. The number of rotatable bonds is 7. The molecule has 0 radical (unpaired) electrons. The highest BCUT2D eigenvalue weighted by Gasteiger charge is 2.23. The Morgan fingerprint density at radius 2 is 2.24 bits per heavy atom. The Kier molecular flexibility index (Phi) is 6.00. The van der Waals surface area contributed by atoms with E-state index in [1.807, 2.05) is 6.07 Å². The van der Waals surface area contributed by atoms with Crippen LogP contribution >= 0.6 is 0 Å². The number of aliphatic hydroxyl groups is 1. The lowest BCUT2D eigenvalue weighted by atomic mass is 10.1. The third kappa shape index (κ3) is 4.68. The Hall–Kier alpha value is -1.13. The molecule has 0 aromatic heterocycles. The molecule has 1 fully saturated rings. The van der Waals surface area contributed by atoms with Gasteiger partial charge in [0, 0.05) is 31.9 Å². The zero-order chi connectivity index (χ0) is 15.2. The summed E-state index contributed by atoms with van der Waals surface area (Å²) >= 11 is 0. The molecule has 118 valence electrons. The van der Waals surface area contributed by atoms with Crippen LogP contribution in [0, 0.1) is 17.7 Å². The van der Waals surface area contributed by atoms with Crippen LogP contribution in [-0.2, 0) is 6.54 Å². The summed E-state index contributed by atoms with van der Waals surface area (Å²) in [5, 5.41) is 12.5. The molecule has 1 aromatic rings. The largest absolute Gasteiger partial charge is 0.396 e. The van der Waals surface area contributed by atoms with Gasteiger partial charge in [0.25, 0.3) is 0 Å². The van der Waals surface area contributed by atoms with Crippen LogP contribution in [0.2, 0.25) is 0 Å². The third-order valence-electron chi connectivity index (χ3n) is 4.07. The molecule has 1 heterocycles. The first kappa shape index (κ1) is 16.2. The van der Waals surface area contributed by atoms with E-state index in [0.29, 0.717) is 18.4 Å². The highest BCUT2D eigenvalue weighted by molar-refractivity contribution is 5.54. The topological polar surface area (TPSA) is 35.5 Å². The highest BCUT2D eigenvalue weighted by Crippen LogP contribution is 2.29. The second-order valence-corrected chi connectivity index (χ2v) is 6.41. The molecule has 0 aliphatic carbocycles. The van der Waals surface area contributed by atoms with E-state index in [-0.39, 0.29) is 12.4 Å². The van der Waals surface area contributed by atoms with Crippen LogP contribution in [0.5, 0.6) is 0 Å². The maximum Gasteiger partial charge on any atom is 0.123 e. The standard InChI is InChI=1S/C17H27FN2O/c1-13(2)10-19-11-15-9-16(18)3-4-17(15)20-7-5-14(12-20)6-8-21/h3-4,9,13-14,19,21H,5-8,10-12H2,1-2H3. The molecule has 0 spiro atoms. The molecule has 0 amide bonds. The molecule has 1 atom stereocenters. The van der Waals surface area contributed by atoms with Gasteiger partial charge < -0.3 is 15.3 Å². The van der Waals surface area contributed by atoms with Crippen LogP contribution in [0.3, 0.4) is 0 Å². The predicted octanol–water partition coefficient (Wildman–Crippen LogP) is 2.78. The van der Waals surface area contributed by atoms with Crippen molar-refractivity contribution in [1.82, 2.24) is 5.32 Å². The van der Waals surface area contributed by atoms with E-state index in [1.54, 1.807) is 12.1 Å². The van der Waals surface area contributed by atoms with Gasteiger partial charge in [0.15, 0.2) is 0 Å². The summed E-state index contributed by atoms with van der Waals surface area (Å²) < 4.78 is 13.5. The lowest BCUT2D eigenvalue weighted by molar-refractivity contribution is 0.263. The predicted molar refractivity (Wildman–Crippen MR) is 85.0 cm³/mol. The first-order valence-electron chi connectivity index (χ1n) is 7.95. The van der Waals surface area contributed by atoms with Crippen LogP contribution in [0.1, 0.15) is 32.3 Å². The Morgan fingerprint density at radius 1 is 1.43 bits per heavy atom. The van der Waals surface area contributed by atoms with Gasteiger partial charge in [-0.05, 0) is 55.0 Å². The smallest absolute Gasteiger partial charge is 0.123 e. The number of hydrogen-bond donors (Lipinski definition) is 2. The Morgan fingerprint density at radius 3 is 2.95 bits per heavy atom. The molecule has 2 rings (SSSR count). The number of anilines is 1. The van der Waals surface area contributed by atoms with E-state index >= 15 is 0 Å². The summed E-state index contributed by atoms with van der Waals surface area (Å²) in [4.78, 5) is 2.33. The van der Waals surface area contributed by atoms with Crippen LogP contribution in [-0.4, -0.2) is 31.3 Å². The fourth-order valence-electron chi connectivity index (χ4n) is 2.97. The van der Waals surface area contributed by atoms with Crippen molar-refractivity contribution >= 4 is 5.69 Å². The van der Waals surface area contributed by atoms with Crippen molar-refractivity contribution in [2.75, 3.05) is 31.1 Å². The zero-order valence-electron chi connectivity index (χ0n) is 13.1. The molecule has 1 saturated heterocycles. The minimum atomic E-state index is -0.175. The Labute approximate surface area is 127 Å². The van der Waals surface area contributed by atoms with Crippen molar-refractivity contribution < 1.29 is 9.50 Å². The van der Waals surface area contributed by atoms with Gasteiger partial charge in [-0.2, -0.15) is 0 Å². The van der Waals surface area contributed by atoms with E-state index < -0.39 is 0 Å². The average molecular weight is 294 g/mol. The van der Waals surface area contributed by atoms with Crippen LogP contribution in [0.25, 0.3) is 0 Å². The number of benzene rings is 1. The van der Waals surface area contributed by atoms with Crippen molar-refractivity contribution in [2.24, 2.45) is 11.8 Å². The summed E-state index contributed by atoms with van der Waals surface area (Å²) in [6, 6.07) is 5.08. The second kappa shape index (κ2) is 7.76. The van der Waals surface area contributed by atoms with E-state index in [9.17, 15) is 4.39 Å².